The van der Waals surface area contributed by atoms with E-state index in [2.05, 4.69) is 15.2 Å². The van der Waals surface area contributed by atoms with Crippen molar-refractivity contribution in [3.8, 4) is 11.8 Å². The zero-order valence-electron chi connectivity index (χ0n) is 9.44. The Morgan fingerprint density at radius 2 is 1.94 bits per heavy atom. The predicted octanol–water partition coefficient (Wildman–Crippen LogP) is 2.52. The van der Waals surface area contributed by atoms with Gasteiger partial charge in [0.1, 0.15) is 0 Å². The van der Waals surface area contributed by atoms with Crippen molar-refractivity contribution in [3.05, 3.63) is 34.6 Å². The zero-order valence-corrected chi connectivity index (χ0v) is 10.2. The van der Waals surface area contributed by atoms with Crippen LogP contribution < -0.4 is 10.5 Å². The summed E-state index contributed by atoms with van der Waals surface area (Å²) in [4.78, 5) is 4.15. The van der Waals surface area contributed by atoms with Gasteiger partial charge in [0.2, 0.25) is 0 Å². The highest BCUT2D eigenvalue weighted by Gasteiger charge is 2.07. The Balaban J connectivity index is 2.28. The Morgan fingerprint density at radius 3 is 2.59 bits per heavy atom. The van der Waals surface area contributed by atoms with Crippen LogP contribution in [0.25, 0.3) is 0 Å². The van der Waals surface area contributed by atoms with Crippen molar-refractivity contribution < 1.29 is 4.74 Å². The van der Waals surface area contributed by atoms with E-state index in [1.807, 2.05) is 13.8 Å². The average Bonchev–Trinajstić information content (AvgIpc) is 2.27. The molecule has 0 amide bonds. The van der Waals surface area contributed by atoms with Crippen LogP contribution in [0.15, 0.2) is 18.2 Å². The van der Waals surface area contributed by atoms with Crippen molar-refractivity contribution in [3.63, 3.8) is 0 Å². The van der Waals surface area contributed by atoms with E-state index in [4.69, 9.17) is 22.1 Å². The summed E-state index contributed by atoms with van der Waals surface area (Å²) in [5, 5.41) is 8.29. The van der Waals surface area contributed by atoms with Crippen molar-refractivity contribution in [2.75, 3.05) is 5.73 Å². The Kier molecular flexibility index (Phi) is 3.10. The summed E-state index contributed by atoms with van der Waals surface area (Å²) in [6.45, 7) is 3.66. The molecule has 0 bridgehead atoms. The average molecular weight is 251 g/mol. The fraction of sp³-hybridized carbons (Fsp3) is 0.182. The van der Waals surface area contributed by atoms with Gasteiger partial charge in [-0.1, -0.05) is 16.7 Å². The lowest BCUT2D eigenvalue weighted by atomic mass is 10.3. The molecule has 17 heavy (non-hydrogen) atoms. The summed E-state index contributed by atoms with van der Waals surface area (Å²) in [6, 6.07) is 5.12. The van der Waals surface area contributed by atoms with Crippen LogP contribution in [0.2, 0.25) is 5.02 Å². The highest BCUT2D eigenvalue weighted by atomic mass is 35.5. The van der Waals surface area contributed by atoms with Gasteiger partial charge in [-0.05, 0) is 32.0 Å². The van der Waals surface area contributed by atoms with Crippen LogP contribution >= 0.6 is 11.6 Å². The monoisotopic (exact) mass is 250 g/mol. The number of benzene rings is 1. The molecule has 2 N–H and O–H groups in total. The largest absolute Gasteiger partial charge is 0.421 e. The number of aryl methyl sites for hydroxylation is 2. The maximum Gasteiger partial charge on any atom is 0.341 e. The molecule has 0 unspecified atom stereocenters. The molecule has 6 heteroatoms. The van der Waals surface area contributed by atoms with E-state index in [1.54, 1.807) is 18.2 Å². The number of rotatable bonds is 2. The van der Waals surface area contributed by atoms with Crippen molar-refractivity contribution in [1.82, 2.24) is 15.2 Å². The summed E-state index contributed by atoms with van der Waals surface area (Å²) in [5.41, 5.74) is 7.71. The molecule has 1 heterocycles. The van der Waals surface area contributed by atoms with E-state index in [9.17, 15) is 0 Å². The molecule has 1 aromatic heterocycles. The van der Waals surface area contributed by atoms with Gasteiger partial charge in [-0.2, -0.15) is 4.98 Å². The number of hydrogen-bond donors (Lipinski definition) is 1. The predicted molar refractivity (Wildman–Crippen MR) is 65.2 cm³/mol. The minimum Gasteiger partial charge on any atom is -0.421 e. The summed E-state index contributed by atoms with van der Waals surface area (Å²) in [6.07, 6.45) is 0. The SMILES string of the molecule is Cc1nnc(Oc2ccc(Cl)cc2N)nc1C. The van der Waals surface area contributed by atoms with Crippen LogP contribution in [0.1, 0.15) is 11.4 Å². The van der Waals surface area contributed by atoms with Gasteiger partial charge in [0.05, 0.1) is 17.1 Å². The van der Waals surface area contributed by atoms with Gasteiger partial charge in [-0.25, -0.2) is 0 Å². The first-order valence-corrected chi connectivity index (χ1v) is 5.35. The van der Waals surface area contributed by atoms with Gasteiger partial charge < -0.3 is 10.5 Å². The van der Waals surface area contributed by atoms with Gasteiger partial charge in [-0.15, -0.1) is 5.10 Å². The number of ether oxygens (including phenoxy) is 1. The van der Waals surface area contributed by atoms with Crippen LogP contribution in [0.4, 0.5) is 5.69 Å². The molecule has 88 valence electrons. The third-order valence-electron chi connectivity index (χ3n) is 2.25. The second-order valence-corrected chi connectivity index (χ2v) is 3.99. The molecule has 0 aliphatic carbocycles. The molecule has 2 rings (SSSR count). The lowest BCUT2D eigenvalue weighted by molar-refractivity contribution is 0.432. The van der Waals surface area contributed by atoms with E-state index in [0.717, 1.165) is 11.4 Å². The summed E-state index contributed by atoms with van der Waals surface area (Å²) in [5.74, 6) is 0.458. The standard InChI is InChI=1S/C11H11ClN4O/c1-6-7(2)15-16-11(14-6)17-10-4-3-8(12)5-9(10)13/h3-5H,13H2,1-2H3. The maximum absolute atomic E-state index is 5.79. The summed E-state index contributed by atoms with van der Waals surface area (Å²) < 4.78 is 5.43. The van der Waals surface area contributed by atoms with Crippen LogP contribution in [0.5, 0.6) is 11.8 Å². The molecule has 0 saturated heterocycles. The number of halogens is 1. The fourth-order valence-electron chi connectivity index (χ4n) is 1.19. The lowest BCUT2D eigenvalue weighted by Crippen LogP contribution is -2.00. The van der Waals surface area contributed by atoms with E-state index >= 15 is 0 Å². The van der Waals surface area contributed by atoms with Gasteiger partial charge in [0.25, 0.3) is 0 Å². The quantitative estimate of drug-likeness (QED) is 0.829. The third-order valence-corrected chi connectivity index (χ3v) is 2.48. The van der Waals surface area contributed by atoms with E-state index < -0.39 is 0 Å². The number of nitrogens with zero attached hydrogens (tertiary/aromatic N) is 3. The molecule has 0 aliphatic rings. The maximum atomic E-state index is 5.79. The lowest BCUT2D eigenvalue weighted by Gasteiger charge is -2.07. The van der Waals surface area contributed by atoms with Crippen LogP contribution in [-0.2, 0) is 0 Å². The Hall–Kier alpha value is -1.88. The second-order valence-electron chi connectivity index (χ2n) is 3.55. The van der Waals surface area contributed by atoms with E-state index in [1.165, 1.54) is 0 Å². The van der Waals surface area contributed by atoms with Crippen LogP contribution in [0.3, 0.4) is 0 Å². The van der Waals surface area contributed by atoms with Gasteiger partial charge in [0.15, 0.2) is 5.75 Å². The minimum absolute atomic E-state index is 0.169. The summed E-state index contributed by atoms with van der Waals surface area (Å²) in [7, 11) is 0. The number of hydrogen-bond acceptors (Lipinski definition) is 5. The molecular formula is C11H11ClN4O. The van der Waals surface area contributed by atoms with Crippen molar-refractivity contribution >= 4 is 17.3 Å². The van der Waals surface area contributed by atoms with Gasteiger partial charge in [-0.3, -0.25) is 0 Å². The molecule has 1 aromatic carbocycles. The topological polar surface area (TPSA) is 73.9 Å². The second kappa shape index (κ2) is 4.55. The van der Waals surface area contributed by atoms with E-state index in [0.29, 0.717) is 16.5 Å². The molecule has 0 atom stereocenters. The first-order chi connectivity index (χ1) is 8.06. The Labute approximate surface area is 104 Å². The normalized spacial score (nSPS) is 10.3. The molecule has 2 aromatic rings. The third kappa shape index (κ3) is 2.62. The fourth-order valence-corrected chi connectivity index (χ4v) is 1.37. The van der Waals surface area contributed by atoms with Crippen molar-refractivity contribution in [2.45, 2.75) is 13.8 Å². The summed E-state index contributed by atoms with van der Waals surface area (Å²) >= 11 is 5.79. The van der Waals surface area contributed by atoms with E-state index in [-0.39, 0.29) is 6.01 Å². The van der Waals surface area contributed by atoms with Crippen LogP contribution in [-0.4, -0.2) is 15.2 Å². The molecule has 0 spiro atoms. The number of nitrogens with two attached hydrogens (primary N) is 1. The van der Waals surface area contributed by atoms with Crippen molar-refractivity contribution in [1.29, 1.82) is 0 Å². The first-order valence-electron chi connectivity index (χ1n) is 4.97. The zero-order chi connectivity index (χ0) is 12.4. The molecule has 0 saturated carbocycles. The van der Waals surface area contributed by atoms with Crippen LogP contribution in [0, 0.1) is 13.8 Å². The molecular weight excluding hydrogens is 240 g/mol. The highest BCUT2D eigenvalue weighted by molar-refractivity contribution is 6.30. The number of anilines is 1. The van der Waals surface area contributed by atoms with Crippen molar-refractivity contribution in [2.24, 2.45) is 0 Å². The van der Waals surface area contributed by atoms with Gasteiger partial charge in [0, 0.05) is 5.02 Å². The molecule has 5 nitrogen and oxygen atoms in total. The smallest absolute Gasteiger partial charge is 0.341 e. The molecule has 0 aliphatic heterocycles. The first kappa shape index (κ1) is 11.6. The molecule has 0 radical (unpaired) electrons. The highest BCUT2D eigenvalue weighted by Crippen LogP contribution is 2.27. The minimum atomic E-state index is 0.169. The van der Waals surface area contributed by atoms with Gasteiger partial charge >= 0.3 is 6.01 Å². The Bertz CT molecular complexity index is 559. The molecule has 0 fully saturated rings. The Morgan fingerprint density at radius 1 is 1.18 bits per heavy atom. The number of nitrogen functional groups attached to an aromatic ring is 1. The number of aromatic nitrogens is 3.